The van der Waals surface area contributed by atoms with E-state index in [9.17, 15) is 5.11 Å². The first-order valence-corrected chi connectivity index (χ1v) is 4.55. The first-order valence-electron chi connectivity index (χ1n) is 4.55. The predicted molar refractivity (Wildman–Crippen MR) is 44.4 cm³/mol. The van der Waals surface area contributed by atoms with Gasteiger partial charge < -0.3 is 9.84 Å². The molecule has 12 heavy (non-hydrogen) atoms. The Kier molecular flexibility index (Phi) is 12.2. The molecule has 0 N–H and O–H groups in total. The van der Waals surface area contributed by atoms with Crippen LogP contribution in [0.3, 0.4) is 0 Å². The molecule has 0 aliphatic carbocycles. The van der Waals surface area contributed by atoms with Crippen LogP contribution in [-0.4, -0.2) is 18.3 Å². The molecular formula is C9H19KO2. The van der Waals surface area contributed by atoms with Gasteiger partial charge in [-0.3, -0.25) is 0 Å². The minimum Gasteiger partial charge on any atom is -0.850 e. The molecule has 0 aromatic rings. The molecule has 1 heterocycles. The Morgan fingerprint density at radius 1 is 1.42 bits per heavy atom. The Morgan fingerprint density at radius 2 is 1.92 bits per heavy atom. The summed E-state index contributed by atoms with van der Waals surface area (Å²) in [6.07, 6.45) is 1.26. The van der Waals surface area contributed by atoms with Gasteiger partial charge in [-0.15, -0.1) is 0 Å². The summed E-state index contributed by atoms with van der Waals surface area (Å²) in [6.45, 7) is 7.95. The van der Waals surface area contributed by atoms with E-state index in [1.807, 2.05) is 27.7 Å². The molecule has 3 atom stereocenters. The largest absolute Gasteiger partial charge is 1.00 e. The van der Waals surface area contributed by atoms with Crippen molar-refractivity contribution in [2.45, 2.75) is 58.8 Å². The Balaban J connectivity index is 0. The van der Waals surface area contributed by atoms with Crippen molar-refractivity contribution < 1.29 is 61.2 Å². The molecule has 3 unspecified atom stereocenters. The van der Waals surface area contributed by atoms with E-state index in [0.717, 1.165) is 6.42 Å². The van der Waals surface area contributed by atoms with Crippen molar-refractivity contribution in [1.29, 1.82) is 0 Å². The Hall–Kier alpha value is 1.56. The van der Waals surface area contributed by atoms with Crippen molar-refractivity contribution in [3.05, 3.63) is 0 Å². The number of hydrogen-bond donors (Lipinski definition) is 0. The summed E-state index contributed by atoms with van der Waals surface area (Å²) in [7, 11) is 0. The van der Waals surface area contributed by atoms with Crippen LogP contribution >= 0.6 is 0 Å². The smallest absolute Gasteiger partial charge is 0.850 e. The molecule has 0 bridgehead atoms. The quantitative estimate of drug-likeness (QED) is 0.472. The first-order chi connectivity index (χ1) is 5.24. The van der Waals surface area contributed by atoms with Gasteiger partial charge in [0.2, 0.25) is 0 Å². The zero-order chi connectivity index (χ0) is 8.85. The SMILES string of the molecule is CC.CCC1OC(C)CC1[O-].[K+]. The van der Waals surface area contributed by atoms with Crippen LogP contribution in [0, 0.1) is 0 Å². The standard InChI is InChI=1S/C7H13O2.C2H6.K/c1-3-7-6(8)4-5(2)9-7;1-2;/h5-7H,3-4H2,1-2H3;1-2H3;/q-1;;+1. The van der Waals surface area contributed by atoms with Crippen molar-refractivity contribution >= 4 is 0 Å². The molecule has 1 aliphatic rings. The summed E-state index contributed by atoms with van der Waals surface area (Å²) in [6, 6.07) is 0. The molecule has 0 aromatic heterocycles. The molecular weight excluding hydrogens is 179 g/mol. The molecule has 1 aliphatic heterocycles. The molecule has 0 aromatic carbocycles. The average molecular weight is 198 g/mol. The predicted octanol–water partition coefficient (Wildman–Crippen LogP) is -1.67. The van der Waals surface area contributed by atoms with Gasteiger partial charge in [0.1, 0.15) is 0 Å². The topological polar surface area (TPSA) is 32.3 Å². The van der Waals surface area contributed by atoms with Gasteiger partial charge in [-0.1, -0.05) is 26.9 Å². The van der Waals surface area contributed by atoms with Crippen molar-refractivity contribution in [1.82, 2.24) is 0 Å². The zero-order valence-electron chi connectivity index (χ0n) is 8.96. The minimum atomic E-state index is -0.468. The summed E-state index contributed by atoms with van der Waals surface area (Å²) in [5, 5.41) is 11.0. The summed E-state index contributed by atoms with van der Waals surface area (Å²) in [5.41, 5.74) is 0. The van der Waals surface area contributed by atoms with Gasteiger partial charge >= 0.3 is 51.4 Å². The van der Waals surface area contributed by atoms with Gasteiger partial charge in [0, 0.05) is 6.10 Å². The maximum absolute atomic E-state index is 11.0. The molecule has 0 spiro atoms. The molecule has 0 saturated carbocycles. The maximum atomic E-state index is 11.0. The van der Waals surface area contributed by atoms with Gasteiger partial charge in [0.05, 0.1) is 6.10 Å². The van der Waals surface area contributed by atoms with Gasteiger partial charge in [0.15, 0.2) is 0 Å². The third kappa shape index (κ3) is 5.32. The number of ether oxygens (including phenoxy) is 1. The van der Waals surface area contributed by atoms with Crippen molar-refractivity contribution in [3.8, 4) is 0 Å². The van der Waals surface area contributed by atoms with Gasteiger partial charge in [-0.2, -0.15) is 0 Å². The molecule has 68 valence electrons. The fraction of sp³-hybridized carbons (Fsp3) is 1.00. The van der Waals surface area contributed by atoms with Crippen LogP contribution in [0.25, 0.3) is 0 Å². The Bertz CT molecular complexity index is 98.5. The Labute approximate surface area is 118 Å². The molecule has 0 amide bonds. The van der Waals surface area contributed by atoms with Gasteiger partial charge in [0.25, 0.3) is 0 Å². The molecule has 0 radical (unpaired) electrons. The van der Waals surface area contributed by atoms with Crippen LogP contribution in [0.1, 0.15) is 40.5 Å². The molecule has 3 heteroatoms. The molecule has 1 fully saturated rings. The van der Waals surface area contributed by atoms with E-state index >= 15 is 0 Å². The number of rotatable bonds is 1. The monoisotopic (exact) mass is 198 g/mol. The molecule has 1 saturated heterocycles. The van der Waals surface area contributed by atoms with Crippen LogP contribution in [-0.2, 0) is 4.74 Å². The van der Waals surface area contributed by atoms with Crippen LogP contribution in [0.4, 0.5) is 0 Å². The van der Waals surface area contributed by atoms with Crippen molar-refractivity contribution in [2.75, 3.05) is 0 Å². The summed E-state index contributed by atoms with van der Waals surface area (Å²) in [5.74, 6) is 0. The van der Waals surface area contributed by atoms with Crippen LogP contribution in [0.5, 0.6) is 0 Å². The fourth-order valence-corrected chi connectivity index (χ4v) is 1.28. The third-order valence-corrected chi connectivity index (χ3v) is 1.79. The van der Waals surface area contributed by atoms with Gasteiger partial charge in [-0.05, 0) is 19.8 Å². The molecule has 1 rings (SSSR count). The third-order valence-electron chi connectivity index (χ3n) is 1.79. The van der Waals surface area contributed by atoms with E-state index in [1.165, 1.54) is 0 Å². The van der Waals surface area contributed by atoms with E-state index in [4.69, 9.17) is 4.74 Å². The van der Waals surface area contributed by atoms with Crippen LogP contribution in [0.2, 0.25) is 0 Å². The van der Waals surface area contributed by atoms with E-state index in [0.29, 0.717) is 6.42 Å². The maximum Gasteiger partial charge on any atom is 1.00 e. The normalized spacial score (nSPS) is 33.2. The minimum absolute atomic E-state index is 0. The van der Waals surface area contributed by atoms with Crippen LogP contribution < -0.4 is 56.5 Å². The van der Waals surface area contributed by atoms with Gasteiger partial charge in [-0.25, -0.2) is 0 Å². The van der Waals surface area contributed by atoms with Crippen LogP contribution in [0.15, 0.2) is 0 Å². The van der Waals surface area contributed by atoms with E-state index in [2.05, 4.69) is 0 Å². The second kappa shape index (κ2) is 9.12. The molecule has 2 nitrogen and oxygen atoms in total. The summed E-state index contributed by atoms with van der Waals surface area (Å²) >= 11 is 0. The fourth-order valence-electron chi connectivity index (χ4n) is 1.28. The van der Waals surface area contributed by atoms with Crippen molar-refractivity contribution in [3.63, 3.8) is 0 Å². The number of hydrogen-bond acceptors (Lipinski definition) is 2. The Morgan fingerprint density at radius 3 is 2.08 bits per heavy atom. The van der Waals surface area contributed by atoms with E-state index in [-0.39, 0.29) is 63.6 Å². The summed E-state index contributed by atoms with van der Waals surface area (Å²) < 4.78 is 5.31. The second-order valence-electron chi connectivity index (χ2n) is 2.67. The van der Waals surface area contributed by atoms with E-state index < -0.39 is 6.10 Å². The second-order valence-corrected chi connectivity index (χ2v) is 2.67. The van der Waals surface area contributed by atoms with Crippen molar-refractivity contribution in [2.24, 2.45) is 0 Å². The first kappa shape index (κ1) is 16.0. The zero-order valence-corrected chi connectivity index (χ0v) is 12.1. The van der Waals surface area contributed by atoms with E-state index in [1.54, 1.807) is 0 Å². The average Bonchev–Trinajstić information content (AvgIpc) is 2.33. The summed E-state index contributed by atoms with van der Waals surface area (Å²) in [4.78, 5) is 0.